The first kappa shape index (κ1) is 17.9. The Morgan fingerprint density at radius 2 is 2.12 bits per heavy atom. The van der Waals surface area contributed by atoms with Crippen LogP contribution >= 0.6 is 23.4 Å². The van der Waals surface area contributed by atoms with E-state index in [1.165, 1.54) is 11.8 Å². The Hall–Kier alpha value is -1.90. The highest BCUT2D eigenvalue weighted by molar-refractivity contribution is 7.98. The quantitative estimate of drug-likeness (QED) is 0.460. The molecule has 132 valence electrons. The maximum atomic E-state index is 12.8. The molecule has 0 N–H and O–H groups in total. The molecule has 0 saturated carbocycles. The number of ether oxygens (including phenoxy) is 1. The second-order valence-corrected chi connectivity index (χ2v) is 6.62. The van der Waals surface area contributed by atoms with E-state index in [-0.39, 0.29) is 5.56 Å². The summed E-state index contributed by atoms with van der Waals surface area (Å²) < 4.78 is 12.2. The summed E-state index contributed by atoms with van der Waals surface area (Å²) in [5, 5.41) is 9.56. The van der Waals surface area contributed by atoms with Crippen molar-refractivity contribution >= 4 is 34.3 Å². The maximum Gasteiger partial charge on any atom is 0.262 e. The van der Waals surface area contributed by atoms with Crippen LogP contribution in [-0.2, 0) is 23.5 Å². The second kappa shape index (κ2) is 7.99. The molecular formula is C16H17ClN4O3S. The number of aryl methyl sites for hydroxylation is 1. The van der Waals surface area contributed by atoms with E-state index in [0.29, 0.717) is 58.2 Å². The fraction of sp³-hybridized carbons (Fsp3) is 0.375. The summed E-state index contributed by atoms with van der Waals surface area (Å²) in [5.74, 6) is 1.52. The minimum absolute atomic E-state index is 0.124. The van der Waals surface area contributed by atoms with Crippen LogP contribution in [-0.4, -0.2) is 33.5 Å². The van der Waals surface area contributed by atoms with Crippen LogP contribution in [0.3, 0.4) is 0 Å². The molecule has 0 amide bonds. The van der Waals surface area contributed by atoms with Gasteiger partial charge in [0.2, 0.25) is 11.8 Å². The molecule has 0 aliphatic heterocycles. The summed E-state index contributed by atoms with van der Waals surface area (Å²) in [4.78, 5) is 17.4. The Morgan fingerprint density at radius 1 is 1.32 bits per heavy atom. The molecule has 9 heteroatoms. The van der Waals surface area contributed by atoms with Crippen LogP contribution in [0.2, 0.25) is 5.02 Å². The lowest BCUT2D eigenvalue weighted by Gasteiger charge is -2.12. The van der Waals surface area contributed by atoms with E-state index in [0.717, 1.165) is 0 Å². The van der Waals surface area contributed by atoms with Gasteiger partial charge in [0.25, 0.3) is 5.56 Å². The first-order valence-electron chi connectivity index (χ1n) is 7.75. The van der Waals surface area contributed by atoms with E-state index < -0.39 is 0 Å². The largest absolute Gasteiger partial charge is 0.424 e. The third-order valence-corrected chi connectivity index (χ3v) is 4.73. The van der Waals surface area contributed by atoms with Gasteiger partial charge in [-0.1, -0.05) is 30.3 Å². The molecular weight excluding hydrogens is 364 g/mol. The molecule has 3 aromatic rings. The van der Waals surface area contributed by atoms with Gasteiger partial charge in [-0.05, 0) is 18.2 Å². The van der Waals surface area contributed by atoms with Gasteiger partial charge in [0.15, 0.2) is 5.16 Å². The van der Waals surface area contributed by atoms with E-state index in [4.69, 9.17) is 20.8 Å². The van der Waals surface area contributed by atoms with Gasteiger partial charge in [-0.3, -0.25) is 9.36 Å². The van der Waals surface area contributed by atoms with Gasteiger partial charge >= 0.3 is 0 Å². The van der Waals surface area contributed by atoms with Gasteiger partial charge in [-0.15, -0.1) is 10.2 Å². The zero-order chi connectivity index (χ0) is 17.8. The van der Waals surface area contributed by atoms with E-state index >= 15 is 0 Å². The molecule has 7 nitrogen and oxygen atoms in total. The minimum atomic E-state index is -0.124. The highest BCUT2D eigenvalue weighted by atomic mass is 35.5. The number of aromatic nitrogens is 4. The molecule has 25 heavy (non-hydrogen) atoms. The lowest BCUT2D eigenvalue weighted by Crippen LogP contribution is -2.25. The number of nitrogens with zero attached hydrogens (tertiary/aromatic N) is 4. The molecule has 3 rings (SSSR count). The average molecular weight is 381 g/mol. The minimum Gasteiger partial charge on any atom is -0.424 e. The van der Waals surface area contributed by atoms with Gasteiger partial charge < -0.3 is 9.15 Å². The number of methoxy groups -OCH3 is 1. The topological polar surface area (TPSA) is 83.0 Å². The molecule has 0 fully saturated rings. The number of halogens is 1. The van der Waals surface area contributed by atoms with Crippen molar-refractivity contribution in [2.24, 2.45) is 0 Å². The highest BCUT2D eigenvalue weighted by Gasteiger charge is 2.14. The first-order valence-corrected chi connectivity index (χ1v) is 9.11. The van der Waals surface area contributed by atoms with Crippen molar-refractivity contribution in [3.05, 3.63) is 45.4 Å². The van der Waals surface area contributed by atoms with Crippen molar-refractivity contribution in [1.29, 1.82) is 0 Å². The molecule has 0 spiro atoms. The van der Waals surface area contributed by atoms with Crippen molar-refractivity contribution in [2.45, 2.75) is 30.8 Å². The van der Waals surface area contributed by atoms with Gasteiger partial charge in [-0.25, -0.2) is 4.98 Å². The van der Waals surface area contributed by atoms with Crippen molar-refractivity contribution in [2.75, 3.05) is 13.7 Å². The fourth-order valence-electron chi connectivity index (χ4n) is 2.28. The van der Waals surface area contributed by atoms with Crippen LogP contribution in [0.1, 0.15) is 18.7 Å². The Labute approximate surface area is 153 Å². The molecule has 1 aromatic carbocycles. The maximum absolute atomic E-state index is 12.8. The fourth-order valence-corrected chi connectivity index (χ4v) is 3.31. The van der Waals surface area contributed by atoms with Crippen LogP contribution in [0.25, 0.3) is 10.9 Å². The van der Waals surface area contributed by atoms with Gasteiger partial charge in [0.1, 0.15) is 0 Å². The summed E-state index contributed by atoms with van der Waals surface area (Å²) in [6.45, 7) is 2.77. The molecule has 0 unspecified atom stereocenters. The molecule has 0 saturated heterocycles. The molecule has 2 aromatic heterocycles. The molecule has 0 bridgehead atoms. The molecule has 0 radical (unpaired) electrons. The highest BCUT2D eigenvalue weighted by Crippen LogP contribution is 2.23. The van der Waals surface area contributed by atoms with Crippen molar-refractivity contribution in [3.63, 3.8) is 0 Å². The SMILES string of the molecule is CCc1nnc(CSc2nc3cc(Cl)ccc3c(=O)n2CCOC)o1. The van der Waals surface area contributed by atoms with Crippen LogP contribution < -0.4 is 5.56 Å². The summed E-state index contributed by atoms with van der Waals surface area (Å²) in [5.41, 5.74) is 0.439. The zero-order valence-corrected chi connectivity index (χ0v) is 15.4. The number of benzene rings is 1. The number of hydrogen-bond acceptors (Lipinski definition) is 7. The standard InChI is InChI=1S/C16H17ClN4O3S/c1-3-13-19-20-14(24-13)9-25-16-18-12-8-10(17)4-5-11(12)15(22)21(16)6-7-23-2/h4-5,8H,3,6-7,9H2,1-2H3. The Bertz CT molecular complexity index is 941. The van der Waals surface area contributed by atoms with Gasteiger partial charge in [0.05, 0.1) is 29.8 Å². The van der Waals surface area contributed by atoms with Crippen LogP contribution in [0, 0.1) is 0 Å². The lowest BCUT2D eigenvalue weighted by molar-refractivity contribution is 0.183. The van der Waals surface area contributed by atoms with Crippen molar-refractivity contribution < 1.29 is 9.15 Å². The van der Waals surface area contributed by atoms with Crippen LogP contribution in [0.15, 0.2) is 32.6 Å². The Morgan fingerprint density at radius 3 is 2.84 bits per heavy atom. The summed E-state index contributed by atoms with van der Waals surface area (Å²) >= 11 is 7.40. The molecule has 0 atom stereocenters. The van der Waals surface area contributed by atoms with Gasteiger partial charge in [-0.2, -0.15) is 0 Å². The summed E-state index contributed by atoms with van der Waals surface area (Å²) in [7, 11) is 1.59. The Balaban J connectivity index is 1.96. The predicted molar refractivity (Wildman–Crippen MR) is 96.1 cm³/mol. The van der Waals surface area contributed by atoms with E-state index in [9.17, 15) is 4.79 Å². The van der Waals surface area contributed by atoms with Gasteiger partial charge in [0, 0.05) is 18.6 Å². The third-order valence-electron chi connectivity index (χ3n) is 3.54. The molecule has 0 aliphatic rings. The number of fused-ring (bicyclic) bond motifs is 1. The van der Waals surface area contributed by atoms with E-state index in [1.54, 1.807) is 29.9 Å². The van der Waals surface area contributed by atoms with E-state index in [2.05, 4.69) is 15.2 Å². The summed E-state index contributed by atoms with van der Waals surface area (Å²) in [6, 6.07) is 5.06. The molecule has 2 heterocycles. The monoisotopic (exact) mass is 380 g/mol. The van der Waals surface area contributed by atoms with Crippen molar-refractivity contribution in [1.82, 2.24) is 19.7 Å². The predicted octanol–water partition coefficient (Wildman–Crippen LogP) is 2.93. The Kier molecular flexibility index (Phi) is 5.72. The normalized spacial score (nSPS) is 11.3. The second-order valence-electron chi connectivity index (χ2n) is 5.24. The van der Waals surface area contributed by atoms with Crippen LogP contribution in [0.5, 0.6) is 0 Å². The lowest BCUT2D eigenvalue weighted by atomic mass is 10.2. The number of rotatable bonds is 7. The zero-order valence-electron chi connectivity index (χ0n) is 13.9. The van der Waals surface area contributed by atoms with E-state index in [1.807, 2.05) is 6.92 Å². The van der Waals surface area contributed by atoms with Crippen molar-refractivity contribution in [3.8, 4) is 0 Å². The third kappa shape index (κ3) is 4.02. The smallest absolute Gasteiger partial charge is 0.262 e. The molecule has 0 aliphatic carbocycles. The number of thioether (sulfide) groups is 1. The first-order chi connectivity index (χ1) is 12.1. The average Bonchev–Trinajstić information content (AvgIpc) is 3.07. The number of hydrogen-bond donors (Lipinski definition) is 0. The summed E-state index contributed by atoms with van der Waals surface area (Å²) in [6.07, 6.45) is 0.683. The van der Waals surface area contributed by atoms with Crippen LogP contribution in [0.4, 0.5) is 0 Å².